The van der Waals surface area contributed by atoms with E-state index in [2.05, 4.69) is 25.6 Å². The Hall–Kier alpha value is -3.25. The van der Waals surface area contributed by atoms with Crippen LogP contribution < -0.4 is 32.8 Å². The van der Waals surface area contributed by atoms with Crippen molar-refractivity contribution in [3.8, 4) is 0 Å². The highest BCUT2D eigenvalue weighted by Crippen LogP contribution is 2.35. The highest BCUT2D eigenvalue weighted by Gasteiger charge is 2.47. The number of anilines is 3. The predicted octanol–water partition coefficient (Wildman–Crippen LogP) is -2.54. The number of aromatic nitrogens is 4. The van der Waals surface area contributed by atoms with Crippen molar-refractivity contribution >= 4 is 28.5 Å². The van der Waals surface area contributed by atoms with Gasteiger partial charge in [-0.25, -0.2) is 4.98 Å². The molecule has 0 bridgehead atoms. The first kappa shape index (κ1) is 15.0. The van der Waals surface area contributed by atoms with Gasteiger partial charge in [-0.3, -0.25) is 23.9 Å². The summed E-state index contributed by atoms with van der Waals surface area (Å²) in [5, 5.41) is 16.5. The molecule has 4 atom stereocenters. The molecule has 0 unspecified atom stereocenters. The van der Waals surface area contributed by atoms with Crippen molar-refractivity contribution in [1.29, 1.82) is 0 Å². The summed E-state index contributed by atoms with van der Waals surface area (Å²) >= 11 is 0. The first-order valence-electron chi connectivity index (χ1n) is 7.85. The van der Waals surface area contributed by atoms with Gasteiger partial charge in [-0.2, -0.15) is 4.98 Å². The molecule has 2 aromatic heterocycles. The van der Waals surface area contributed by atoms with E-state index in [0.29, 0.717) is 0 Å². The van der Waals surface area contributed by atoms with Gasteiger partial charge in [0.05, 0.1) is 12.4 Å². The molecule has 12 heteroatoms. The molecule has 26 heavy (non-hydrogen) atoms. The number of nitrogen functional groups attached to an aromatic ring is 1. The van der Waals surface area contributed by atoms with Gasteiger partial charge in [0, 0.05) is 6.54 Å². The molecule has 0 amide bonds. The molecule has 1 saturated heterocycles. The maximum absolute atomic E-state index is 11.9. The number of nitrogens with two attached hydrogens (primary N) is 1. The molecule has 4 heterocycles. The molecule has 2 aliphatic rings. The van der Waals surface area contributed by atoms with Gasteiger partial charge in [0.2, 0.25) is 5.95 Å². The Morgan fingerprint density at radius 3 is 2.85 bits per heavy atom. The molecule has 5 rings (SSSR count). The topological polar surface area (TPSA) is 177 Å². The van der Waals surface area contributed by atoms with Gasteiger partial charge in [0.1, 0.15) is 23.6 Å². The van der Waals surface area contributed by atoms with Crippen molar-refractivity contribution < 1.29 is 9.84 Å². The van der Waals surface area contributed by atoms with E-state index in [1.807, 2.05) is 0 Å². The van der Waals surface area contributed by atoms with E-state index in [9.17, 15) is 19.5 Å². The van der Waals surface area contributed by atoms with Gasteiger partial charge in [0.25, 0.3) is 16.4 Å². The zero-order chi connectivity index (χ0) is 18.2. The van der Waals surface area contributed by atoms with Crippen molar-refractivity contribution in [3.05, 3.63) is 37.1 Å². The van der Waals surface area contributed by atoms with Crippen LogP contribution in [0.3, 0.4) is 0 Å². The second-order valence-electron chi connectivity index (χ2n) is 6.29. The highest BCUT2D eigenvalue weighted by atomic mass is 16.5. The number of H-pyrrole nitrogens is 1. The molecule has 0 saturated carbocycles. The Kier molecular flexibility index (Phi) is 2.83. The molecule has 1 aromatic carbocycles. The Balaban J connectivity index is 1.54. The lowest BCUT2D eigenvalue weighted by Crippen LogP contribution is -2.42. The molecule has 6 N–H and O–H groups in total. The number of nitrogens with zero attached hydrogens (tertiary/aromatic N) is 3. The summed E-state index contributed by atoms with van der Waals surface area (Å²) in [5.74, 6) is -0.0841. The average Bonchev–Trinajstić information content (AvgIpc) is 3.09. The lowest BCUT2D eigenvalue weighted by atomic mass is 10.1. The molecule has 134 valence electrons. The summed E-state index contributed by atoms with van der Waals surface area (Å²) in [6.07, 6.45) is -1.18. The SMILES string of the molecule is Nc1nc2c(ncn2[C@@H]2O[C@@H]3CNc4c(c(=O)c4=O)N[C@H]3[C@H]2O)c(=O)[nH]1. The van der Waals surface area contributed by atoms with Gasteiger partial charge in [0.15, 0.2) is 17.4 Å². The van der Waals surface area contributed by atoms with Gasteiger partial charge in [-0.1, -0.05) is 0 Å². The molecule has 0 radical (unpaired) electrons. The van der Waals surface area contributed by atoms with Crippen LogP contribution >= 0.6 is 0 Å². The fourth-order valence-electron chi connectivity index (χ4n) is 3.52. The maximum atomic E-state index is 11.9. The second-order valence-corrected chi connectivity index (χ2v) is 6.29. The second kappa shape index (κ2) is 4.89. The number of hydrogen-bond acceptors (Lipinski definition) is 10. The predicted molar refractivity (Wildman–Crippen MR) is 89.7 cm³/mol. The molecule has 0 spiro atoms. The Morgan fingerprint density at radius 1 is 1.27 bits per heavy atom. The number of fused-ring (bicyclic) bond motifs is 3. The summed E-state index contributed by atoms with van der Waals surface area (Å²) in [5.41, 5.74) is 4.48. The maximum Gasteiger partial charge on any atom is 0.280 e. The quantitative estimate of drug-likeness (QED) is 0.291. The van der Waals surface area contributed by atoms with Crippen LogP contribution in [-0.2, 0) is 4.74 Å². The van der Waals surface area contributed by atoms with E-state index in [-0.39, 0.29) is 35.0 Å². The number of aromatic amines is 1. The number of aliphatic hydroxyl groups excluding tert-OH is 1. The minimum atomic E-state index is -1.09. The van der Waals surface area contributed by atoms with E-state index < -0.39 is 40.9 Å². The minimum absolute atomic E-state index is 0.0675. The van der Waals surface area contributed by atoms with Crippen LogP contribution in [0.25, 0.3) is 11.2 Å². The number of ether oxygens (including phenoxy) is 1. The molecular formula is C14H13N7O5. The van der Waals surface area contributed by atoms with Crippen molar-refractivity contribution in [3.63, 3.8) is 0 Å². The normalized spacial score (nSPS) is 27.6. The van der Waals surface area contributed by atoms with Crippen LogP contribution in [0.2, 0.25) is 0 Å². The fourth-order valence-corrected chi connectivity index (χ4v) is 3.52. The first-order chi connectivity index (χ1) is 12.5. The van der Waals surface area contributed by atoms with Gasteiger partial charge in [-0.05, 0) is 0 Å². The van der Waals surface area contributed by atoms with Crippen LogP contribution in [0, 0.1) is 0 Å². The Labute approximate surface area is 143 Å². The summed E-state index contributed by atoms with van der Waals surface area (Å²) < 4.78 is 7.31. The zero-order valence-electron chi connectivity index (χ0n) is 13.1. The van der Waals surface area contributed by atoms with Gasteiger partial charge in [-0.15, -0.1) is 0 Å². The number of imidazole rings is 1. The van der Waals surface area contributed by atoms with E-state index >= 15 is 0 Å². The molecule has 12 nitrogen and oxygen atoms in total. The number of nitrogens with one attached hydrogen (secondary N) is 3. The highest BCUT2D eigenvalue weighted by molar-refractivity contribution is 5.75. The Morgan fingerprint density at radius 2 is 2.04 bits per heavy atom. The molecule has 3 aromatic rings. The molecule has 2 aliphatic heterocycles. The Bertz CT molecular complexity index is 1170. The molecule has 1 fully saturated rings. The smallest absolute Gasteiger partial charge is 0.280 e. The van der Waals surface area contributed by atoms with Gasteiger partial charge >= 0.3 is 0 Å². The third-order valence-corrected chi connectivity index (χ3v) is 4.80. The standard InChI is InChI=1S/C14H13N7O5/c15-14-19-11-7(12(25)20-14)17-2-21(11)13-10(24)4-3(26-13)1-16-5-6(18-4)9(23)8(5)22/h2-4,10,13,16,18,24H,1H2,(H3,15,19,20,25)/t3-,4-,10-,13-/m1/s1. The van der Waals surface area contributed by atoms with E-state index in [1.54, 1.807) is 0 Å². The van der Waals surface area contributed by atoms with Crippen molar-refractivity contribution in [2.45, 2.75) is 24.5 Å². The van der Waals surface area contributed by atoms with E-state index in [1.165, 1.54) is 10.9 Å². The monoisotopic (exact) mass is 359 g/mol. The largest absolute Gasteiger partial charge is 0.386 e. The van der Waals surface area contributed by atoms with Crippen molar-refractivity contribution in [1.82, 2.24) is 19.5 Å². The van der Waals surface area contributed by atoms with Crippen LogP contribution in [-0.4, -0.2) is 49.4 Å². The van der Waals surface area contributed by atoms with Crippen molar-refractivity contribution in [2.75, 3.05) is 22.9 Å². The van der Waals surface area contributed by atoms with Gasteiger partial charge < -0.3 is 26.2 Å². The minimum Gasteiger partial charge on any atom is -0.386 e. The number of rotatable bonds is 1. The molecule has 0 aliphatic carbocycles. The van der Waals surface area contributed by atoms with Crippen LogP contribution in [0.1, 0.15) is 6.23 Å². The lowest BCUT2D eigenvalue weighted by Gasteiger charge is -2.21. The van der Waals surface area contributed by atoms with E-state index in [4.69, 9.17) is 10.5 Å². The summed E-state index contributed by atoms with van der Waals surface area (Å²) in [6, 6.07) is -0.631. The average molecular weight is 359 g/mol. The van der Waals surface area contributed by atoms with Crippen LogP contribution in [0.5, 0.6) is 0 Å². The zero-order valence-corrected chi connectivity index (χ0v) is 13.1. The lowest BCUT2D eigenvalue weighted by molar-refractivity contribution is -0.0311. The van der Waals surface area contributed by atoms with E-state index in [0.717, 1.165) is 0 Å². The number of aliphatic hydroxyl groups is 1. The third-order valence-electron chi connectivity index (χ3n) is 4.80. The summed E-state index contributed by atoms with van der Waals surface area (Å²) in [7, 11) is 0. The van der Waals surface area contributed by atoms with Crippen LogP contribution in [0.4, 0.5) is 17.3 Å². The first-order valence-corrected chi connectivity index (χ1v) is 7.85. The van der Waals surface area contributed by atoms with Crippen molar-refractivity contribution in [2.24, 2.45) is 0 Å². The fraction of sp³-hybridized carbons (Fsp3) is 0.357. The number of hydrogen-bond donors (Lipinski definition) is 5. The van der Waals surface area contributed by atoms with Crippen LogP contribution in [0.15, 0.2) is 20.7 Å². The summed E-state index contributed by atoms with van der Waals surface area (Å²) in [4.78, 5) is 45.5. The summed E-state index contributed by atoms with van der Waals surface area (Å²) in [6.45, 7) is 0.228. The molecular weight excluding hydrogens is 346 g/mol. The third kappa shape index (κ3) is 1.82.